The molecule has 0 aliphatic heterocycles. The van der Waals surface area contributed by atoms with E-state index < -0.39 is 5.60 Å². The van der Waals surface area contributed by atoms with E-state index >= 15 is 0 Å². The Labute approximate surface area is 217 Å². The Morgan fingerprint density at radius 3 is 2.69 bits per heavy atom. The van der Waals surface area contributed by atoms with Gasteiger partial charge in [-0.2, -0.15) is 11.8 Å². The van der Waals surface area contributed by atoms with Crippen LogP contribution in [0.2, 0.25) is 0 Å². The number of furan rings is 1. The SMILES string of the molecule is CN(C)CCCSCCO[C@H]1CC[C@@]2(C)[C@H](CC[C@@H]3[C@@H]2CC[C@]2(C)[C@@H](c4ccoc4)CC[C@]32O)C1. The molecule has 5 heteroatoms. The third-order valence-electron chi connectivity index (χ3n) is 11.2. The second-order valence-corrected chi connectivity index (χ2v) is 14.3. The number of thioether (sulfide) groups is 1. The topological polar surface area (TPSA) is 45.8 Å². The maximum atomic E-state index is 12.4. The summed E-state index contributed by atoms with van der Waals surface area (Å²) >= 11 is 2.04. The molecule has 4 aliphatic rings. The van der Waals surface area contributed by atoms with Crippen LogP contribution in [0.3, 0.4) is 0 Å². The lowest BCUT2D eigenvalue weighted by Crippen LogP contribution is -2.62. The van der Waals surface area contributed by atoms with E-state index in [1.54, 1.807) is 6.26 Å². The average Bonchev–Trinajstić information content (AvgIpc) is 3.44. The third kappa shape index (κ3) is 4.66. The molecule has 1 aromatic rings. The van der Waals surface area contributed by atoms with E-state index in [9.17, 15) is 5.11 Å². The Balaban J connectivity index is 1.17. The van der Waals surface area contributed by atoms with Crippen molar-refractivity contribution in [2.45, 2.75) is 95.7 Å². The highest BCUT2D eigenvalue weighted by Crippen LogP contribution is 2.70. The van der Waals surface area contributed by atoms with Crippen LogP contribution in [0.25, 0.3) is 0 Å². The number of ether oxygens (including phenoxy) is 1. The first kappa shape index (κ1) is 26.1. The molecule has 0 unspecified atom stereocenters. The van der Waals surface area contributed by atoms with E-state index in [4.69, 9.17) is 9.15 Å². The molecule has 4 fully saturated rings. The number of aliphatic hydroxyl groups is 1. The summed E-state index contributed by atoms with van der Waals surface area (Å²) in [7, 11) is 4.30. The van der Waals surface area contributed by atoms with Crippen molar-refractivity contribution >= 4 is 11.8 Å². The summed E-state index contributed by atoms with van der Waals surface area (Å²) in [5.41, 5.74) is 1.12. The van der Waals surface area contributed by atoms with Gasteiger partial charge >= 0.3 is 0 Å². The fraction of sp³-hybridized carbons (Fsp3) is 0.867. The average molecular weight is 504 g/mol. The molecule has 0 spiro atoms. The van der Waals surface area contributed by atoms with E-state index in [0.717, 1.165) is 37.5 Å². The molecule has 1 N–H and O–H groups in total. The van der Waals surface area contributed by atoms with Crippen molar-refractivity contribution in [1.82, 2.24) is 4.90 Å². The van der Waals surface area contributed by atoms with Crippen LogP contribution < -0.4 is 0 Å². The number of nitrogens with zero attached hydrogens (tertiary/aromatic N) is 1. The largest absolute Gasteiger partial charge is 0.472 e. The van der Waals surface area contributed by atoms with Crippen LogP contribution in [0, 0.1) is 28.6 Å². The van der Waals surface area contributed by atoms with Crippen LogP contribution in [-0.2, 0) is 4.74 Å². The van der Waals surface area contributed by atoms with Crippen molar-refractivity contribution in [2.75, 3.05) is 38.8 Å². The molecule has 35 heavy (non-hydrogen) atoms. The van der Waals surface area contributed by atoms with Gasteiger partial charge in [0.15, 0.2) is 0 Å². The summed E-state index contributed by atoms with van der Waals surface area (Å²) in [6.45, 7) is 7.06. The van der Waals surface area contributed by atoms with E-state index in [1.807, 2.05) is 18.0 Å². The van der Waals surface area contributed by atoms with E-state index in [0.29, 0.717) is 29.3 Å². The van der Waals surface area contributed by atoms with Gasteiger partial charge in [0.1, 0.15) is 0 Å². The summed E-state index contributed by atoms with van der Waals surface area (Å²) in [5, 5.41) is 12.4. The molecule has 0 bridgehead atoms. The normalized spacial score (nSPS) is 43.1. The van der Waals surface area contributed by atoms with Gasteiger partial charge in [0, 0.05) is 11.2 Å². The molecule has 4 saturated carbocycles. The molecule has 1 aromatic heterocycles. The Morgan fingerprint density at radius 1 is 1.06 bits per heavy atom. The van der Waals surface area contributed by atoms with Crippen molar-refractivity contribution in [2.24, 2.45) is 28.6 Å². The van der Waals surface area contributed by atoms with Crippen molar-refractivity contribution < 1.29 is 14.3 Å². The number of rotatable bonds is 9. The summed E-state index contributed by atoms with van der Waals surface area (Å²) in [6.07, 6.45) is 16.1. The van der Waals surface area contributed by atoms with E-state index in [2.05, 4.69) is 38.9 Å². The van der Waals surface area contributed by atoms with Crippen LogP contribution in [-0.4, -0.2) is 60.5 Å². The highest BCUT2D eigenvalue weighted by Gasteiger charge is 2.67. The smallest absolute Gasteiger partial charge is 0.0937 e. The number of hydrogen-bond acceptors (Lipinski definition) is 5. The van der Waals surface area contributed by atoms with Gasteiger partial charge in [-0.05, 0) is 131 Å². The maximum absolute atomic E-state index is 12.4. The molecular formula is C30H49NO3S. The monoisotopic (exact) mass is 503 g/mol. The van der Waals surface area contributed by atoms with Gasteiger partial charge in [-0.3, -0.25) is 0 Å². The zero-order valence-corrected chi connectivity index (χ0v) is 23.5. The molecule has 1 heterocycles. The predicted molar refractivity (Wildman–Crippen MR) is 145 cm³/mol. The van der Waals surface area contributed by atoms with Crippen LogP contribution >= 0.6 is 11.8 Å². The lowest BCUT2D eigenvalue weighted by Gasteiger charge is -2.63. The van der Waals surface area contributed by atoms with Gasteiger partial charge in [-0.15, -0.1) is 0 Å². The fourth-order valence-corrected chi connectivity index (χ4v) is 9.95. The molecule has 0 radical (unpaired) electrons. The van der Waals surface area contributed by atoms with Gasteiger partial charge in [0.2, 0.25) is 0 Å². The van der Waals surface area contributed by atoms with Gasteiger partial charge in [-0.1, -0.05) is 13.8 Å². The van der Waals surface area contributed by atoms with Gasteiger partial charge in [-0.25, -0.2) is 0 Å². The van der Waals surface area contributed by atoms with Gasteiger partial charge < -0.3 is 19.2 Å². The Kier molecular flexibility index (Phi) is 7.72. The minimum absolute atomic E-state index is 0.0221. The van der Waals surface area contributed by atoms with E-state index in [-0.39, 0.29) is 5.41 Å². The Bertz CT molecular complexity index is 830. The number of fused-ring (bicyclic) bond motifs is 5. The molecular weight excluding hydrogens is 454 g/mol. The van der Waals surface area contributed by atoms with Crippen LogP contribution in [0.5, 0.6) is 0 Å². The van der Waals surface area contributed by atoms with Crippen molar-refractivity contribution in [1.29, 1.82) is 0 Å². The predicted octanol–water partition coefficient (Wildman–Crippen LogP) is 6.59. The Morgan fingerprint density at radius 2 is 1.91 bits per heavy atom. The second-order valence-electron chi connectivity index (χ2n) is 13.1. The molecule has 0 amide bonds. The second kappa shape index (κ2) is 10.3. The molecule has 5 rings (SSSR count). The zero-order valence-electron chi connectivity index (χ0n) is 22.6. The molecule has 0 aromatic carbocycles. The summed E-state index contributed by atoms with van der Waals surface area (Å²) < 4.78 is 11.9. The third-order valence-corrected chi connectivity index (χ3v) is 12.3. The number of hydrogen-bond donors (Lipinski definition) is 1. The minimum atomic E-state index is -0.525. The molecule has 8 atom stereocenters. The summed E-state index contributed by atoms with van der Waals surface area (Å²) in [4.78, 5) is 2.26. The van der Waals surface area contributed by atoms with Crippen LogP contribution in [0.1, 0.15) is 89.5 Å². The highest BCUT2D eigenvalue weighted by molar-refractivity contribution is 7.99. The van der Waals surface area contributed by atoms with Crippen molar-refractivity contribution in [3.05, 3.63) is 24.2 Å². The standard InChI is InChI=1S/C30H49NO3S/c1-28-12-8-24(34-17-19-35-18-5-15-31(3)4)20-23(28)6-7-27-26(28)9-13-29(2)25(10-14-30(27,29)32)22-11-16-33-21-22/h11,16,21,23-27,32H,5-10,12-15,17-20H2,1-4H3/t23-,24+,25-,26+,27-,28+,29-,30+/m1/s1. The van der Waals surface area contributed by atoms with Crippen LogP contribution in [0.15, 0.2) is 23.0 Å². The lowest BCUT2D eigenvalue weighted by atomic mass is 9.43. The van der Waals surface area contributed by atoms with Gasteiger partial charge in [0.25, 0.3) is 0 Å². The summed E-state index contributed by atoms with van der Waals surface area (Å²) in [6, 6.07) is 2.13. The first-order chi connectivity index (χ1) is 16.8. The van der Waals surface area contributed by atoms with E-state index in [1.165, 1.54) is 62.8 Å². The quantitative estimate of drug-likeness (QED) is 0.385. The fourth-order valence-electron chi connectivity index (χ4n) is 9.20. The first-order valence-corrected chi connectivity index (χ1v) is 15.5. The van der Waals surface area contributed by atoms with Crippen LogP contribution in [0.4, 0.5) is 0 Å². The van der Waals surface area contributed by atoms with Crippen molar-refractivity contribution in [3.8, 4) is 0 Å². The molecule has 4 aliphatic carbocycles. The molecule has 0 saturated heterocycles. The zero-order chi connectivity index (χ0) is 24.7. The Hall–Kier alpha value is -0.490. The molecule has 4 nitrogen and oxygen atoms in total. The highest BCUT2D eigenvalue weighted by atomic mass is 32.2. The summed E-state index contributed by atoms with van der Waals surface area (Å²) in [5.74, 6) is 4.67. The molecule has 198 valence electrons. The maximum Gasteiger partial charge on any atom is 0.0937 e. The van der Waals surface area contributed by atoms with Gasteiger partial charge in [0.05, 0.1) is 30.8 Å². The van der Waals surface area contributed by atoms with Crippen molar-refractivity contribution in [3.63, 3.8) is 0 Å². The minimum Gasteiger partial charge on any atom is -0.472 e. The lowest BCUT2D eigenvalue weighted by molar-refractivity contribution is -0.207. The first-order valence-electron chi connectivity index (χ1n) is 14.4.